The van der Waals surface area contributed by atoms with E-state index in [-0.39, 0.29) is 18.2 Å². The van der Waals surface area contributed by atoms with Crippen molar-refractivity contribution in [1.29, 1.82) is 0 Å². The molecule has 4 heteroatoms. The number of halogens is 3. The molecule has 94 valence electrons. The van der Waals surface area contributed by atoms with Crippen LogP contribution in [0.15, 0.2) is 42.5 Å². The first-order chi connectivity index (χ1) is 8.68. The van der Waals surface area contributed by atoms with Crippen LogP contribution in [0.2, 0.25) is 5.02 Å². The van der Waals surface area contributed by atoms with Crippen LogP contribution in [0.4, 0.5) is 8.78 Å². The molecule has 0 aliphatic rings. The Bertz CT molecular complexity index is 523. The van der Waals surface area contributed by atoms with Gasteiger partial charge in [0, 0.05) is 29.2 Å². The maximum atomic E-state index is 13.5. The van der Waals surface area contributed by atoms with Crippen molar-refractivity contribution >= 4 is 11.6 Å². The quantitative estimate of drug-likeness (QED) is 0.886. The van der Waals surface area contributed by atoms with Gasteiger partial charge in [0.2, 0.25) is 0 Å². The van der Waals surface area contributed by atoms with Gasteiger partial charge < -0.3 is 5.32 Å². The minimum atomic E-state index is -0.358. The summed E-state index contributed by atoms with van der Waals surface area (Å²) in [5, 5.41) is 3.35. The lowest BCUT2D eigenvalue weighted by Gasteiger charge is -2.08. The molecule has 0 amide bonds. The van der Waals surface area contributed by atoms with Crippen LogP contribution < -0.4 is 5.32 Å². The predicted octanol–water partition coefficient (Wildman–Crippen LogP) is 3.91. The molecular weight excluding hydrogens is 256 g/mol. The van der Waals surface area contributed by atoms with E-state index in [2.05, 4.69) is 5.32 Å². The molecule has 0 fully saturated rings. The van der Waals surface area contributed by atoms with Gasteiger partial charge in [-0.15, -0.1) is 0 Å². The van der Waals surface area contributed by atoms with E-state index < -0.39 is 0 Å². The average Bonchev–Trinajstić information content (AvgIpc) is 2.35. The fourth-order valence-electron chi connectivity index (χ4n) is 1.67. The molecule has 0 atom stereocenters. The second kappa shape index (κ2) is 5.94. The lowest BCUT2D eigenvalue weighted by atomic mass is 10.2. The van der Waals surface area contributed by atoms with Gasteiger partial charge in [0.15, 0.2) is 0 Å². The summed E-state index contributed by atoms with van der Waals surface area (Å²) in [5.74, 6) is -0.631. The van der Waals surface area contributed by atoms with Crippen molar-refractivity contribution in [2.75, 3.05) is 0 Å². The normalized spacial score (nSPS) is 10.6. The molecule has 0 aliphatic heterocycles. The lowest BCUT2D eigenvalue weighted by molar-refractivity contribution is 0.569. The summed E-state index contributed by atoms with van der Waals surface area (Å²) in [6.07, 6.45) is 0. The van der Waals surface area contributed by atoms with E-state index in [0.29, 0.717) is 22.7 Å². The highest BCUT2D eigenvalue weighted by molar-refractivity contribution is 6.31. The fraction of sp³-hybridized carbons (Fsp3) is 0.143. The number of rotatable bonds is 4. The SMILES string of the molecule is Fc1ccccc1CNCc1c(F)cccc1Cl. The summed E-state index contributed by atoms with van der Waals surface area (Å²) in [7, 11) is 0. The van der Waals surface area contributed by atoms with Gasteiger partial charge in [-0.1, -0.05) is 35.9 Å². The van der Waals surface area contributed by atoms with Crippen LogP contribution in [0.1, 0.15) is 11.1 Å². The summed E-state index contributed by atoms with van der Waals surface area (Å²) in [5.41, 5.74) is 0.945. The third-order valence-electron chi connectivity index (χ3n) is 2.64. The number of hydrogen-bond donors (Lipinski definition) is 1. The van der Waals surface area contributed by atoms with E-state index in [4.69, 9.17) is 11.6 Å². The Hall–Kier alpha value is -1.45. The summed E-state index contributed by atoms with van der Waals surface area (Å²) in [4.78, 5) is 0. The van der Waals surface area contributed by atoms with Crippen LogP contribution in [-0.4, -0.2) is 0 Å². The average molecular weight is 268 g/mol. The second-order valence-electron chi connectivity index (χ2n) is 3.90. The Labute approximate surface area is 109 Å². The van der Waals surface area contributed by atoms with Gasteiger partial charge in [-0.3, -0.25) is 0 Å². The molecule has 2 aromatic carbocycles. The summed E-state index contributed by atoms with van der Waals surface area (Å²) in [6, 6.07) is 11.0. The van der Waals surface area contributed by atoms with E-state index in [9.17, 15) is 8.78 Å². The lowest BCUT2D eigenvalue weighted by Crippen LogP contribution is -2.15. The molecule has 0 radical (unpaired) electrons. The van der Waals surface area contributed by atoms with Gasteiger partial charge in [0.1, 0.15) is 11.6 Å². The van der Waals surface area contributed by atoms with E-state index in [1.807, 2.05) is 0 Å². The molecule has 0 aromatic heterocycles. The minimum Gasteiger partial charge on any atom is -0.308 e. The first-order valence-electron chi connectivity index (χ1n) is 5.55. The highest BCUT2D eigenvalue weighted by atomic mass is 35.5. The fourth-order valence-corrected chi connectivity index (χ4v) is 1.89. The highest BCUT2D eigenvalue weighted by Gasteiger charge is 2.06. The molecule has 1 N–H and O–H groups in total. The zero-order chi connectivity index (χ0) is 13.0. The summed E-state index contributed by atoms with van der Waals surface area (Å²) < 4.78 is 26.8. The first kappa shape index (κ1) is 13.0. The van der Waals surface area contributed by atoms with Crippen LogP contribution in [0.5, 0.6) is 0 Å². The molecule has 0 spiro atoms. The van der Waals surface area contributed by atoms with Crippen LogP contribution in [0.3, 0.4) is 0 Å². The van der Waals surface area contributed by atoms with Gasteiger partial charge in [0.25, 0.3) is 0 Å². The third-order valence-corrected chi connectivity index (χ3v) is 2.99. The van der Waals surface area contributed by atoms with Gasteiger partial charge in [0.05, 0.1) is 0 Å². The second-order valence-corrected chi connectivity index (χ2v) is 4.30. The van der Waals surface area contributed by atoms with Gasteiger partial charge >= 0.3 is 0 Å². The van der Waals surface area contributed by atoms with Crippen LogP contribution >= 0.6 is 11.6 Å². The van der Waals surface area contributed by atoms with E-state index >= 15 is 0 Å². The summed E-state index contributed by atoms with van der Waals surface area (Å²) in [6.45, 7) is 0.594. The van der Waals surface area contributed by atoms with Crippen molar-refractivity contribution in [2.24, 2.45) is 0 Å². The Morgan fingerprint density at radius 3 is 2.33 bits per heavy atom. The molecule has 18 heavy (non-hydrogen) atoms. The monoisotopic (exact) mass is 267 g/mol. The molecule has 1 nitrogen and oxygen atoms in total. The number of benzene rings is 2. The zero-order valence-corrected chi connectivity index (χ0v) is 10.3. The van der Waals surface area contributed by atoms with Gasteiger partial charge in [-0.05, 0) is 18.2 Å². The maximum absolute atomic E-state index is 13.5. The van der Waals surface area contributed by atoms with E-state index in [1.54, 1.807) is 30.3 Å². The minimum absolute atomic E-state index is 0.264. The maximum Gasteiger partial charge on any atom is 0.129 e. The van der Waals surface area contributed by atoms with Gasteiger partial charge in [-0.2, -0.15) is 0 Å². The van der Waals surface area contributed by atoms with Crippen LogP contribution in [-0.2, 0) is 13.1 Å². The van der Waals surface area contributed by atoms with Crippen molar-refractivity contribution in [1.82, 2.24) is 5.32 Å². The Kier molecular flexibility index (Phi) is 4.28. The molecule has 0 aliphatic carbocycles. The molecule has 2 aromatic rings. The van der Waals surface area contributed by atoms with E-state index in [1.165, 1.54) is 12.1 Å². The highest BCUT2D eigenvalue weighted by Crippen LogP contribution is 2.18. The van der Waals surface area contributed by atoms with Crippen molar-refractivity contribution in [3.63, 3.8) is 0 Å². The van der Waals surface area contributed by atoms with Crippen LogP contribution in [0.25, 0.3) is 0 Å². The molecule has 0 unspecified atom stereocenters. The first-order valence-corrected chi connectivity index (χ1v) is 5.93. The standard InChI is InChI=1S/C14H12ClF2N/c15-12-5-3-7-14(17)11(12)9-18-8-10-4-1-2-6-13(10)16/h1-7,18H,8-9H2. The molecular formula is C14H12ClF2N. The molecule has 2 rings (SSSR count). The number of nitrogens with one attached hydrogen (secondary N) is 1. The molecule has 0 saturated carbocycles. The van der Waals surface area contributed by atoms with Crippen LogP contribution in [0, 0.1) is 11.6 Å². The Morgan fingerprint density at radius 2 is 1.61 bits per heavy atom. The topological polar surface area (TPSA) is 12.0 Å². The van der Waals surface area contributed by atoms with Crippen molar-refractivity contribution in [3.05, 3.63) is 70.2 Å². The number of hydrogen-bond acceptors (Lipinski definition) is 1. The smallest absolute Gasteiger partial charge is 0.129 e. The third kappa shape index (κ3) is 3.06. The summed E-state index contributed by atoms with van der Waals surface area (Å²) >= 11 is 5.89. The van der Waals surface area contributed by atoms with Crippen molar-refractivity contribution in [2.45, 2.75) is 13.1 Å². The Morgan fingerprint density at radius 1 is 0.889 bits per heavy atom. The molecule has 0 bridgehead atoms. The zero-order valence-electron chi connectivity index (χ0n) is 9.59. The van der Waals surface area contributed by atoms with Crippen molar-refractivity contribution < 1.29 is 8.78 Å². The predicted molar refractivity (Wildman–Crippen MR) is 68.4 cm³/mol. The van der Waals surface area contributed by atoms with Gasteiger partial charge in [-0.25, -0.2) is 8.78 Å². The largest absolute Gasteiger partial charge is 0.308 e. The molecule has 0 saturated heterocycles. The molecule has 0 heterocycles. The Balaban J connectivity index is 1.99. The van der Waals surface area contributed by atoms with E-state index in [0.717, 1.165) is 0 Å². The van der Waals surface area contributed by atoms with Crippen molar-refractivity contribution in [3.8, 4) is 0 Å².